The van der Waals surface area contributed by atoms with Crippen LogP contribution in [0.4, 0.5) is 5.82 Å². The molecule has 0 spiro atoms. The van der Waals surface area contributed by atoms with Crippen LogP contribution in [0.5, 0.6) is 11.6 Å². The zero-order valence-electron chi connectivity index (χ0n) is 12.7. The highest BCUT2D eigenvalue weighted by atomic mass is 16.5. The summed E-state index contributed by atoms with van der Waals surface area (Å²) in [5.41, 5.74) is 1.19. The van der Waals surface area contributed by atoms with Gasteiger partial charge in [0.25, 0.3) is 0 Å². The Bertz CT molecular complexity index is 570. The van der Waals surface area contributed by atoms with Gasteiger partial charge in [0.05, 0.1) is 0 Å². The zero-order chi connectivity index (χ0) is 15.1. The van der Waals surface area contributed by atoms with Crippen molar-refractivity contribution in [1.82, 2.24) is 9.97 Å². The molecule has 0 atom stereocenters. The van der Waals surface area contributed by atoms with Crippen LogP contribution >= 0.6 is 0 Å². The lowest BCUT2D eigenvalue weighted by molar-refractivity contribution is 0.177. The number of aryl methyl sites for hydroxylation is 1. The third kappa shape index (κ3) is 4.72. The van der Waals surface area contributed by atoms with Crippen molar-refractivity contribution in [3.63, 3.8) is 0 Å². The minimum atomic E-state index is 0.353. The molecule has 0 bridgehead atoms. The molecule has 1 aromatic carbocycles. The SMILES string of the molecule is CCCNc1cc(Oc2ccc(C)cc2)nc(COC)n1. The van der Waals surface area contributed by atoms with E-state index in [1.807, 2.05) is 31.2 Å². The second-order valence-corrected chi connectivity index (χ2v) is 4.78. The number of nitrogens with zero attached hydrogens (tertiary/aromatic N) is 2. The lowest BCUT2D eigenvalue weighted by atomic mass is 10.2. The van der Waals surface area contributed by atoms with E-state index in [-0.39, 0.29) is 0 Å². The lowest BCUT2D eigenvalue weighted by Gasteiger charge is -2.10. The summed E-state index contributed by atoms with van der Waals surface area (Å²) in [7, 11) is 1.62. The Morgan fingerprint density at radius 1 is 1.14 bits per heavy atom. The van der Waals surface area contributed by atoms with Crippen molar-refractivity contribution >= 4 is 5.82 Å². The fourth-order valence-electron chi connectivity index (χ4n) is 1.79. The van der Waals surface area contributed by atoms with Gasteiger partial charge in [0.1, 0.15) is 18.2 Å². The van der Waals surface area contributed by atoms with Gasteiger partial charge in [-0.1, -0.05) is 24.6 Å². The van der Waals surface area contributed by atoms with Gasteiger partial charge in [-0.2, -0.15) is 4.98 Å². The van der Waals surface area contributed by atoms with Gasteiger partial charge < -0.3 is 14.8 Å². The average Bonchev–Trinajstić information content (AvgIpc) is 2.48. The highest BCUT2D eigenvalue weighted by Gasteiger charge is 2.06. The monoisotopic (exact) mass is 287 g/mol. The van der Waals surface area contributed by atoms with Crippen LogP contribution in [0.25, 0.3) is 0 Å². The Kier molecular flexibility index (Phi) is 5.51. The molecular formula is C16H21N3O2. The third-order valence-corrected chi connectivity index (χ3v) is 2.82. The number of rotatable bonds is 7. The van der Waals surface area contributed by atoms with Crippen molar-refractivity contribution < 1.29 is 9.47 Å². The maximum absolute atomic E-state index is 5.79. The van der Waals surface area contributed by atoms with E-state index < -0.39 is 0 Å². The van der Waals surface area contributed by atoms with Gasteiger partial charge in [-0.25, -0.2) is 4.98 Å². The first-order valence-corrected chi connectivity index (χ1v) is 7.06. The molecule has 0 saturated heterocycles. The fraction of sp³-hybridized carbons (Fsp3) is 0.375. The molecule has 0 aliphatic heterocycles. The molecule has 21 heavy (non-hydrogen) atoms. The molecule has 2 aromatic rings. The van der Waals surface area contributed by atoms with E-state index in [2.05, 4.69) is 22.2 Å². The van der Waals surface area contributed by atoms with Gasteiger partial charge in [-0.3, -0.25) is 0 Å². The first-order valence-electron chi connectivity index (χ1n) is 7.06. The first kappa shape index (κ1) is 15.3. The van der Waals surface area contributed by atoms with Crippen molar-refractivity contribution in [2.75, 3.05) is 19.0 Å². The van der Waals surface area contributed by atoms with Gasteiger partial charge in [0.2, 0.25) is 5.88 Å². The zero-order valence-corrected chi connectivity index (χ0v) is 12.7. The summed E-state index contributed by atoms with van der Waals surface area (Å²) in [6.45, 7) is 5.35. The van der Waals surface area contributed by atoms with E-state index in [0.717, 1.165) is 24.5 Å². The summed E-state index contributed by atoms with van der Waals surface area (Å²) in [6.07, 6.45) is 1.03. The number of ether oxygens (including phenoxy) is 2. The molecule has 0 aliphatic rings. The normalized spacial score (nSPS) is 10.4. The number of methoxy groups -OCH3 is 1. The second kappa shape index (κ2) is 7.59. The summed E-state index contributed by atoms with van der Waals surface area (Å²) in [5, 5.41) is 3.24. The van der Waals surface area contributed by atoms with E-state index in [9.17, 15) is 0 Å². The van der Waals surface area contributed by atoms with Crippen molar-refractivity contribution in [3.05, 3.63) is 41.7 Å². The largest absolute Gasteiger partial charge is 0.439 e. The van der Waals surface area contributed by atoms with Crippen molar-refractivity contribution in [2.24, 2.45) is 0 Å². The molecule has 5 heteroatoms. The summed E-state index contributed by atoms with van der Waals surface area (Å²) in [5.74, 6) is 2.62. The molecule has 1 aromatic heterocycles. The van der Waals surface area contributed by atoms with E-state index in [1.54, 1.807) is 13.2 Å². The van der Waals surface area contributed by atoms with Crippen LogP contribution < -0.4 is 10.1 Å². The minimum absolute atomic E-state index is 0.353. The molecule has 0 aliphatic carbocycles. The van der Waals surface area contributed by atoms with E-state index in [0.29, 0.717) is 18.3 Å². The topological polar surface area (TPSA) is 56.3 Å². The molecule has 0 unspecified atom stereocenters. The molecule has 0 fully saturated rings. The minimum Gasteiger partial charge on any atom is -0.439 e. The van der Waals surface area contributed by atoms with Crippen LogP contribution in [0, 0.1) is 6.92 Å². The highest BCUT2D eigenvalue weighted by Crippen LogP contribution is 2.22. The average molecular weight is 287 g/mol. The van der Waals surface area contributed by atoms with Crippen LogP contribution in [-0.4, -0.2) is 23.6 Å². The molecule has 5 nitrogen and oxygen atoms in total. The second-order valence-electron chi connectivity index (χ2n) is 4.78. The summed E-state index contributed by atoms with van der Waals surface area (Å²) < 4.78 is 10.9. The predicted molar refractivity (Wildman–Crippen MR) is 82.8 cm³/mol. The molecule has 1 N–H and O–H groups in total. The standard InChI is InChI=1S/C16H21N3O2/c1-4-9-17-14-10-16(19-15(18-14)11-20-3)21-13-7-5-12(2)6-8-13/h5-8,10H,4,9,11H2,1-3H3,(H,17,18,19). The fourth-order valence-corrected chi connectivity index (χ4v) is 1.79. The third-order valence-electron chi connectivity index (χ3n) is 2.82. The quantitative estimate of drug-likeness (QED) is 0.844. The van der Waals surface area contributed by atoms with Gasteiger partial charge >= 0.3 is 0 Å². The number of anilines is 1. The molecule has 2 rings (SSSR count). The van der Waals surface area contributed by atoms with Gasteiger partial charge in [-0.05, 0) is 25.5 Å². The van der Waals surface area contributed by atoms with E-state index >= 15 is 0 Å². The Morgan fingerprint density at radius 3 is 2.57 bits per heavy atom. The van der Waals surface area contributed by atoms with Crippen molar-refractivity contribution in [1.29, 1.82) is 0 Å². The number of aromatic nitrogens is 2. The van der Waals surface area contributed by atoms with E-state index in [4.69, 9.17) is 9.47 Å². The smallest absolute Gasteiger partial charge is 0.224 e. The number of hydrogen-bond donors (Lipinski definition) is 1. The number of hydrogen-bond acceptors (Lipinski definition) is 5. The van der Waals surface area contributed by atoms with Crippen LogP contribution in [0.1, 0.15) is 24.7 Å². The van der Waals surface area contributed by atoms with Gasteiger partial charge in [0.15, 0.2) is 5.82 Å². The molecular weight excluding hydrogens is 266 g/mol. The summed E-state index contributed by atoms with van der Waals surface area (Å²) in [6, 6.07) is 9.65. The Hall–Kier alpha value is -2.14. The van der Waals surface area contributed by atoms with Gasteiger partial charge in [0, 0.05) is 19.7 Å². The predicted octanol–water partition coefficient (Wildman–Crippen LogP) is 3.55. The molecule has 1 heterocycles. The molecule has 0 saturated carbocycles. The molecule has 0 radical (unpaired) electrons. The maximum Gasteiger partial charge on any atom is 0.224 e. The Labute approximate surface area is 125 Å². The van der Waals surface area contributed by atoms with Crippen LogP contribution in [0.2, 0.25) is 0 Å². The van der Waals surface area contributed by atoms with Crippen molar-refractivity contribution in [3.8, 4) is 11.6 Å². The van der Waals surface area contributed by atoms with Crippen LogP contribution in [0.3, 0.4) is 0 Å². The van der Waals surface area contributed by atoms with Gasteiger partial charge in [-0.15, -0.1) is 0 Å². The lowest BCUT2D eigenvalue weighted by Crippen LogP contribution is -2.06. The van der Waals surface area contributed by atoms with Crippen molar-refractivity contribution in [2.45, 2.75) is 26.9 Å². The summed E-state index contributed by atoms with van der Waals surface area (Å²) >= 11 is 0. The maximum atomic E-state index is 5.79. The number of benzene rings is 1. The highest BCUT2D eigenvalue weighted by molar-refractivity contribution is 5.40. The summed E-state index contributed by atoms with van der Waals surface area (Å²) in [4.78, 5) is 8.74. The Morgan fingerprint density at radius 2 is 1.90 bits per heavy atom. The Balaban J connectivity index is 2.19. The van der Waals surface area contributed by atoms with E-state index in [1.165, 1.54) is 5.56 Å². The first-order chi connectivity index (χ1) is 10.2. The van der Waals surface area contributed by atoms with Crippen LogP contribution in [0.15, 0.2) is 30.3 Å². The number of nitrogens with one attached hydrogen (secondary N) is 1. The van der Waals surface area contributed by atoms with Crippen LogP contribution in [-0.2, 0) is 11.3 Å². The molecule has 112 valence electrons. The molecule has 0 amide bonds.